The highest BCUT2D eigenvalue weighted by Gasteiger charge is 2.25. The van der Waals surface area contributed by atoms with Crippen LogP contribution >= 0.6 is 0 Å². The molecule has 1 N–H and O–H groups in total. The largest absolute Gasteiger partial charge is 0.388 e. The van der Waals surface area contributed by atoms with Crippen LogP contribution in [-0.2, 0) is 0 Å². The predicted octanol–water partition coefficient (Wildman–Crippen LogP) is 4.52. The predicted molar refractivity (Wildman–Crippen MR) is 69.4 cm³/mol. The van der Waals surface area contributed by atoms with E-state index < -0.39 is 17.7 Å². The summed E-state index contributed by atoms with van der Waals surface area (Å²) in [6, 6.07) is 2.62. The second-order valence-corrected chi connectivity index (χ2v) is 4.85. The first-order valence-electron chi connectivity index (χ1n) is 6.65. The van der Waals surface area contributed by atoms with Gasteiger partial charge in [-0.15, -0.1) is 0 Å². The van der Waals surface area contributed by atoms with Crippen LogP contribution in [0.3, 0.4) is 0 Å². The first-order chi connectivity index (χ1) is 8.52. The maximum absolute atomic E-state index is 13.9. The lowest BCUT2D eigenvalue weighted by Crippen LogP contribution is -2.16. The van der Waals surface area contributed by atoms with Gasteiger partial charge in [0.25, 0.3) is 0 Å². The van der Waals surface area contributed by atoms with Crippen molar-refractivity contribution >= 4 is 0 Å². The molecule has 18 heavy (non-hydrogen) atoms. The molecule has 102 valence electrons. The molecule has 0 aromatic heterocycles. The maximum atomic E-state index is 13.9. The lowest BCUT2D eigenvalue weighted by atomic mass is 9.88. The maximum Gasteiger partial charge on any atom is 0.134 e. The normalized spacial score (nSPS) is 14.6. The van der Waals surface area contributed by atoms with E-state index in [2.05, 4.69) is 6.92 Å². The van der Waals surface area contributed by atoms with Crippen LogP contribution in [-0.4, -0.2) is 5.11 Å². The summed E-state index contributed by atoms with van der Waals surface area (Å²) in [7, 11) is 0. The molecule has 1 aromatic rings. The Balaban J connectivity index is 3.01. The second kappa shape index (κ2) is 6.83. The Bertz CT molecular complexity index is 390. The van der Waals surface area contributed by atoms with Crippen molar-refractivity contribution in [1.82, 2.24) is 0 Å². The Morgan fingerprint density at radius 1 is 1.22 bits per heavy atom. The highest BCUT2D eigenvalue weighted by atomic mass is 19.1. The molecular weight excluding hydrogens is 234 g/mol. The van der Waals surface area contributed by atoms with Gasteiger partial charge in [0.1, 0.15) is 11.6 Å². The highest BCUT2D eigenvalue weighted by molar-refractivity contribution is 5.28. The van der Waals surface area contributed by atoms with E-state index in [0.717, 1.165) is 19.3 Å². The molecule has 0 fully saturated rings. The van der Waals surface area contributed by atoms with Gasteiger partial charge in [0.15, 0.2) is 0 Å². The van der Waals surface area contributed by atoms with Crippen LogP contribution < -0.4 is 0 Å². The Kier molecular flexibility index (Phi) is 5.73. The van der Waals surface area contributed by atoms with Crippen LogP contribution in [0, 0.1) is 24.5 Å². The van der Waals surface area contributed by atoms with Gasteiger partial charge in [0.05, 0.1) is 11.7 Å². The van der Waals surface area contributed by atoms with E-state index in [0.29, 0.717) is 12.0 Å². The molecule has 1 nitrogen and oxygen atoms in total. The summed E-state index contributed by atoms with van der Waals surface area (Å²) < 4.78 is 27.6. The van der Waals surface area contributed by atoms with Gasteiger partial charge in [-0.3, -0.25) is 0 Å². The zero-order valence-electron chi connectivity index (χ0n) is 11.3. The number of benzene rings is 1. The lowest BCUT2D eigenvalue weighted by molar-refractivity contribution is 0.0914. The van der Waals surface area contributed by atoms with Crippen molar-refractivity contribution < 1.29 is 13.9 Å². The standard InChI is InChI=1S/C15H22F2O/c1-4-6-7-11(5-2)15(18)13-12(16)9-8-10(3)14(13)17/h8-9,11,15,18H,4-7H2,1-3H3. The zero-order chi connectivity index (χ0) is 13.7. The molecular formula is C15H22F2O. The molecule has 3 heteroatoms. The Morgan fingerprint density at radius 3 is 2.44 bits per heavy atom. The average molecular weight is 256 g/mol. The van der Waals surface area contributed by atoms with Crippen molar-refractivity contribution in [2.75, 3.05) is 0 Å². The number of hydrogen-bond acceptors (Lipinski definition) is 1. The molecule has 0 aliphatic heterocycles. The average Bonchev–Trinajstić information content (AvgIpc) is 2.35. The smallest absolute Gasteiger partial charge is 0.134 e. The van der Waals surface area contributed by atoms with Gasteiger partial charge < -0.3 is 5.11 Å². The van der Waals surface area contributed by atoms with Gasteiger partial charge in [0, 0.05) is 0 Å². The van der Waals surface area contributed by atoms with Crippen LogP contribution in [0.2, 0.25) is 0 Å². The third kappa shape index (κ3) is 3.29. The van der Waals surface area contributed by atoms with Crippen molar-refractivity contribution in [1.29, 1.82) is 0 Å². The monoisotopic (exact) mass is 256 g/mol. The van der Waals surface area contributed by atoms with Crippen molar-refractivity contribution in [3.8, 4) is 0 Å². The van der Waals surface area contributed by atoms with Gasteiger partial charge in [-0.1, -0.05) is 39.2 Å². The summed E-state index contributed by atoms with van der Waals surface area (Å²) >= 11 is 0. The van der Waals surface area contributed by atoms with E-state index in [1.165, 1.54) is 12.1 Å². The number of aryl methyl sites for hydroxylation is 1. The van der Waals surface area contributed by atoms with Crippen LogP contribution in [0.4, 0.5) is 8.78 Å². The number of halogens is 2. The summed E-state index contributed by atoms with van der Waals surface area (Å²) in [5.74, 6) is -1.35. The molecule has 0 amide bonds. The Labute approximate surface area is 108 Å². The van der Waals surface area contributed by atoms with Crippen LogP contribution in [0.15, 0.2) is 12.1 Å². The van der Waals surface area contributed by atoms with Crippen molar-refractivity contribution in [2.45, 2.75) is 52.6 Å². The van der Waals surface area contributed by atoms with Crippen LogP contribution in [0.5, 0.6) is 0 Å². The molecule has 0 saturated carbocycles. The van der Waals surface area contributed by atoms with E-state index >= 15 is 0 Å². The quantitative estimate of drug-likeness (QED) is 0.793. The summed E-state index contributed by atoms with van der Waals surface area (Å²) in [5.41, 5.74) is 0.203. The highest BCUT2D eigenvalue weighted by Crippen LogP contribution is 2.32. The number of unbranched alkanes of at least 4 members (excludes halogenated alkanes) is 1. The number of aliphatic hydroxyl groups is 1. The topological polar surface area (TPSA) is 20.2 Å². The first-order valence-corrected chi connectivity index (χ1v) is 6.65. The molecule has 2 atom stereocenters. The van der Waals surface area contributed by atoms with Gasteiger partial charge >= 0.3 is 0 Å². The number of hydrogen-bond donors (Lipinski definition) is 1. The summed E-state index contributed by atoms with van der Waals surface area (Å²) in [6.45, 7) is 5.58. The molecule has 0 aliphatic rings. The minimum Gasteiger partial charge on any atom is -0.388 e. The Hall–Kier alpha value is -0.960. The van der Waals surface area contributed by atoms with Crippen LogP contribution in [0.1, 0.15) is 56.8 Å². The molecule has 0 radical (unpaired) electrons. The summed E-state index contributed by atoms with van der Waals surface area (Å²) in [4.78, 5) is 0. The van der Waals surface area contributed by atoms with E-state index in [-0.39, 0.29) is 11.5 Å². The first kappa shape index (κ1) is 15.1. The van der Waals surface area contributed by atoms with Crippen LogP contribution in [0.25, 0.3) is 0 Å². The molecule has 0 saturated heterocycles. The second-order valence-electron chi connectivity index (χ2n) is 4.85. The molecule has 0 bridgehead atoms. The molecule has 1 aromatic carbocycles. The molecule has 2 unspecified atom stereocenters. The van der Waals surface area contributed by atoms with E-state index in [9.17, 15) is 13.9 Å². The molecule has 1 rings (SSSR count). The fourth-order valence-corrected chi connectivity index (χ4v) is 2.24. The van der Waals surface area contributed by atoms with E-state index in [4.69, 9.17) is 0 Å². The summed E-state index contributed by atoms with van der Waals surface area (Å²) in [5, 5.41) is 10.2. The van der Waals surface area contributed by atoms with Crippen molar-refractivity contribution in [3.05, 3.63) is 34.9 Å². The number of aliphatic hydroxyl groups excluding tert-OH is 1. The van der Waals surface area contributed by atoms with Gasteiger partial charge in [-0.2, -0.15) is 0 Å². The third-order valence-electron chi connectivity index (χ3n) is 3.51. The zero-order valence-corrected chi connectivity index (χ0v) is 11.3. The minimum absolute atomic E-state index is 0.0873. The molecule has 0 aliphatic carbocycles. The van der Waals surface area contributed by atoms with Gasteiger partial charge in [-0.05, 0) is 30.9 Å². The molecule has 0 spiro atoms. The van der Waals surface area contributed by atoms with Crippen molar-refractivity contribution in [3.63, 3.8) is 0 Å². The minimum atomic E-state index is -1.05. The van der Waals surface area contributed by atoms with Gasteiger partial charge in [-0.25, -0.2) is 8.78 Å². The van der Waals surface area contributed by atoms with Gasteiger partial charge in [0.2, 0.25) is 0 Å². The summed E-state index contributed by atoms with van der Waals surface area (Å²) in [6.07, 6.45) is 2.43. The lowest BCUT2D eigenvalue weighted by Gasteiger charge is -2.23. The van der Waals surface area contributed by atoms with E-state index in [1.807, 2.05) is 6.92 Å². The SMILES string of the molecule is CCCCC(CC)C(O)c1c(F)ccc(C)c1F. The molecule has 0 heterocycles. The third-order valence-corrected chi connectivity index (χ3v) is 3.51. The Morgan fingerprint density at radius 2 is 1.89 bits per heavy atom. The number of rotatable bonds is 6. The fourth-order valence-electron chi connectivity index (χ4n) is 2.24. The van der Waals surface area contributed by atoms with E-state index in [1.54, 1.807) is 6.92 Å². The van der Waals surface area contributed by atoms with Crippen molar-refractivity contribution in [2.24, 2.45) is 5.92 Å². The fraction of sp³-hybridized carbons (Fsp3) is 0.600.